The second-order valence-electron chi connectivity index (χ2n) is 6.82. The highest BCUT2D eigenvalue weighted by atomic mass is 16.6. The molecule has 0 spiro atoms. The number of phenols is 1. The van der Waals surface area contributed by atoms with Crippen LogP contribution in [0.5, 0.6) is 5.75 Å². The van der Waals surface area contributed by atoms with E-state index in [1.54, 1.807) is 24.0 Å². The number of hydrogen-bond acceptors (Lipinski definition) is 4. The summed E-state index contributed by atoms with van der Waals surface area (Å²) in [4.78, 5) is 25.7. The third kappa shape index (κ3) is 4.67. The maximum Gasteiger partial charge on any atom is 0.410 e. The molecule has 1 atom stereocenters. The first kappa shape index (κ1) is 19.0. The lowest BCUT2D eigenvalue weighted by Gasteiger charge is -2.27. The van der Waals surface area contributed by atoms with Crippen LogP contribution in [0.4, 0.5) is 4.79 Å². The van der Waals surface area contributed by atoms with Crippen LogP contribution >= 0.6 is 0 Å². The maximum atomic E-state index is 12.2. The number of phenolic OH excluding ortho intramolecular Hbond substituents is 1. The van der Waals surface area contributed by atoms with Crippen LogP contribution in [0, 0.1) is 5.92 Å². The molecular formula is C22H25NO4. The predicted molar refractivity (Wildman–Crippen MR) is 105 cm³/mol. The van der Waals surface area contributed by atoms with Crippen molar-refractivity contribution in [1.29, 1.82) is 0 Å². The Kier molecular flexibility index (Phi) is 6.12. The normalized spacial score (nSPS) is 18.9. The van der Waals surface area contributed by atoms with Crippen LogP contribution in [0.3, 0.4) is 0 Å². The summed E-state index contributed by atoms with van der Waals surface area (Å²) in [7, 11) is 0. The summed E-state index contributed by atoms with van der Waals surface area (Å²) in [5, 5.41) is 10.3. The SMILES string of the molecule is CCC(=O)c1ccc(C2=CCN(C(=O)OCC3C=CC=CC3)CC2)c(O)c1. The molecule has 1 aliphatic heterocycles. The van der Waals surface area contributed by atoms with Crippen molar-refractivity contribution in [3.8, 4) is 5.75 Å². The van der Waals surface area contributed by atoms with Crippen molar-refractivity contribution in [2.45, 2.75) is 26.2 Å². The van der Waals surface area contributed by atoms with Crippen molar-refractivity contribution in [1.82, 2.24) is 4.90 Å². The lowest BCUT2D eigenvalue weighted by Crippen LogP contribution is -2.35. The molecule has 1 aromatic rings. The second-order valence-corrected chi connectivity index (χ2v) is 6.82. The van der Waals surface area contributed by atoms with Crippen LogP contribution < -0.4 is 0 Å². The summed E-state index contributed by atoms with van der Waals surface area (Å²) >= 11 is 0. The first-order valence-electron chi connectivity index (χ1n) is 9.39. The van der Waals surface area contributed by atoms with Gasteiger partial charge in [-0.3, -0.25) is 4.79 Å². The van der Waals surface area contributed by atoms with E-state index in [9.17, 15) is 14.7 Å². The molecule has 1 N–H and O–H groups in total. The molecular weight excluding hydrogens is 342 g/mol. The highest BCUT2D eigenvalue weighted by Gasteiger charge is 2.21. The quantitative estimate of drug-likeness (QED) is 0.786. The molecule has 0 bridgehead atoms. The van der Waals surface area contributed by atoms with Crippen LogP contribution in [-0.4, -0.2) is 41.6 Å². The lowest BCUT2D eigenvalue weighted by atomic mass is 9.96. The van der Waals surface area contributed by atoms with Gasteiger partial charge in [-0.15, -0.1) is 0 Å². The Hall–Kier alpha value is -2.82. The van der Waals surface area contributed by atoms with Gasteiger partial charge < -0.3 is 14.7 Å². The van der Waals surface area contributed by atoms with E-state index in [2.05, 4.69) is 12.2 Å². The number of ketones is 1. The van der Waals surface area contributed by atoms with Gasteiger partial charge >= 0.3 is 6.09 Å². The highest BCUT2D eigenvalue weighted by Crippen LogP contribution is 2.31. The van der Waals surface area contributed by atoms with Crippen LogP contribution in [0.2, 0.25) is 0 Å². The first-order valence-corrected chi connectivity index (χ1v) is 9.39. The standard InChI is InChI=1S/C22H25NO4/c1-2-20(24)18-8-9-19(21(25)14-18)17-10-12-23(13-11-17)22(26)27-15-16-6-4-3-5-7-16/h3-6,8-10,14,16,25H,2,7,11-13,15H2,1H3. The fourth-order valence-electron chi connectivity index (χ4n) is 3.29. The molecule has 1 aliphatic carbocycles. The van der Waals surface area contributed by atoms with Gasteiger partial charge in [0, 0.05) is 36.6 Å². The highest BCUT2D eigenvalue weighted by molar-refractivity contribution is 5.96. The zero-order valence-electron chi connectivity index (χ0n) is 15.6. The minimum Gasteiger partial charge on any atom is -0.507 e. The van der Waals surface area contributed by atoms with Crippen molar-refractivity contribution in [3.05, 3.63) is 59.7 Å². The smallest absolute Gasteiger partial charge is 0.410 e. The molecule has 0 aromatic heterocycles. The average molecular weight is 367 g/mol. The Morgan fingerprint density at radius 1 is 1.30 bits per heavy atom. The minimum absolute atomic E-state index is 0.00620. The van der Waals surface area contributed by atoms with E-state index in [4.69, 9.17) is 4.74 Å². The van der Waals surface area contributed by atoms with E-state index >= 15 is 0 Å². The van der Waals surface area contributed by atoms with Crippen molar-refractivity contribution >= 4 is 17.4 Å². The zero-order chi connectivity index (χ0) is 19.2. The van der Waals surface area contributed by atoms with Crippen LogP contribution in [-0.2, 0) is 4.74 Å². The summed E-state index contributed by atoms with van der Waals surface area (Å²) in [5.41, 5.74) is 2.22. The van der Waals surface area contributed by atoms with E-state index in [-0.39, 0.29) is 23.5 Å². The summed E-state index contributed by atoms with van der Waals surface area (Å²) in [5.74, 6) is 0.358. The number of benzene rings is 1. The van der Waals surface area contributed by atoms with E-state index < -0.39 is 0 Å². The molecule has 0 saturated carbocycles. The second kappa shape index (κ2) is 8.71. The van der Waals surface area contributed by atoms with Gasteiger partial charge in [0.2, 0.25) is 0 Å². The van der Waals surface area contributed by atoms with Gasteiger partial charge in [0.05, 0.1) is 6.61 Å². The van der Waals surface area contributed by atoms with Crippen LogP contribution in [0.15, 0.2) is 48.6 Å². The Morgan fingerprint density at radius 3 is 2.78 bits per heavy atom. The number of carbonyl (C=O) groups excluding carboxylic acids is 2. The molecule has 0 radical (unpaired) electrons. The first-order chi connectivity index (χ1) is 13.1. The van der Waals surface area contributed by atoms with E-state index in [1.807, 2.05) is 18.2 Å². The maximum absolute atomic E-state index is 12.2. The molecule has 1 unspecified atom stereocenters. The number of aromatic hydroxyl groups is 1. The molecule has 3 rings (SSSR count). The monoisotopic (exact) mass is 367 g/mol. The van der Waals surface area contributed by atoms with Gasteiger partial charge in [-0.1, -0.05) is 49.4 Å². The zero-order valence-corrected chi connectivity index (χ0v) is 15.6. The fourth-order valence-corrected chi connectivity index (χ4v) is 3.29. The van der Waals surface area contributed by atoms with E-state index in [0.29, 0.717) is 38.1 Å². The number of Topliss-reactive ketones (excluding diaryl/α,β-unsaturated/α-hetero) is 1. The van der Waals surface area contributed by atoms with Gasteiger partial charge in [-0.05, 0) is 24.5 Å². The Morgan fingerprint density at radius 2 is 2.15 bits per heavy atom. The molecule has 1 heterocycles. The van der Waals surface area contributed by atoms with Gasteiger partial charge in [0.15, 0.2) is 5.78 Å². The Bertz CT molecular complexity index is 807. The van der Waals surface area contributed by atoms with Crippen molar-refractivity contribution < 1.29 is 19.4 Å². The van der Waals surface area contributed by atoms with Gasteiger partial charge in [-0.2, -0.15) is 0 Å². The molecule has 2 aliphatic rings. The molecule has 5 heteroatoms. The largest absolute Gasteiger partial charge is 0.507 e. The van der Waals surface area contributed by atoms with Gasteiger partial charge in [-0.25, -0.2) is 4.79 Å². The third-order valence-corrected chi connectivity index (χ3v) is 4.94. The predicted octanol–water partition coefficient (Wildman–Crippen LogP) is 4.34. The molecule has 0 fully saturated rings. The molecule has 27 heavy (non-hydrogen) atoms. The van der Waals surface area contributed by atoms with Crippen LogP contribution in [0.1, 0.15) is 42.1 Å². The molecule has 1 amide bonds. The molecule has 5 nitrogen and oxygen atoms in total. The summed E-state index contributed by atoms with van der Waals surface area (Å²) < 4.78 is 5.43. The number of ether oxygens (including phenoxy) is 1. The van der Waals surface area contributed by atoms with Crippen molar-refractivity contribution in [3.63, 3.8) is 0 Å². The van der Waals surface area contributed by atoms with E-state index in [1.165, 1.54) is 6.07 Å². The topological polar surface area (TPSA) is 66.8 Å². The summed E-state index contributed by atoms with van der Waals surface area (Å²) in [6.45, 7) is 3.18. The van der Waals surface area contributed by atoms with Crippen LogP contribution in [0.25, 0.3) is 5.57 Å². The van der Waals surface area contributed by atoms with Gasteiger partial charge in [0.25, 0.3) is 0 Å². The Labute approximate surface area is 159 Å². The lowest BCUT2D eigenvalue weighted by molar-refractivity contribution is 0.0965. The number of rotatable bonds is 5. The molecule has 142 valence electrons. The number of allylic oxidation sites excluding steroid dienone is 3. The van der Waals surface area contributed by atoms with E-state index in [0.717, 1.165) is 17.6 Å². The summed E-state index contributed by atoms with van der Waals surface area (Å²) in [6, 6.07) is 5.05. The van der Waals surface area contributed by atoms with Gasteiger partial charge in [0.1, 0.15) is 5.75 Å². The average Bonchev–Trinajstić information content (AvgIpc) is 2.72. The molecule has 0 saturated heterocycles. The number of hydrogen-bond donors (Lipinski definition) is 1. The third-order valence-electron chi connectivity index (χ3n) is 4.94. The minimum atomic E-state index is -0.304. The number of nitrogens with zero attached hydrogens (tertiary/aromatic N) is 1. The summed E-state index contributed by atoms with van der Waals surface area (Å²) in [6.07, 6.45) is 11.7. The Balaban J connectivity index is 1.57. The van der Waals surface area contributed by atoms with Crippen molar-refractivity contribution in [2.24, 2.45) is 5.92 Å². The molecule has 1 aromatic carbocycles. The number of carbonyl (C=O) groups is 2. The fraction of sp³-hybridized carbons (Fsp3) is 0.364. The van der Waals surface area contributed by atoms with Crippen molar-refractivity contribution in [2.75, 3.05) is 19.7 Å². The number of amides is 1.